The minimum absolute atomic E-state index is 0.0619. The maximum absolute atomic E-state index is 13.2. The summed E-state index contributed by atoms with van der Waals surface area (Å²) >= 11 is 0. The monoisotopic (exact) mass is 398 g/mol. The number of furan rings is 1. The zero-order valence-electron chi connectivity index (χ0n) is 16.2. The minimum atomic E-state index is -0.756. The van der Waals surface area contributed by atoms with Crippen molar-refractivity contribution in [1.29, 1.82) is 0 Å². The predicted molar refractivity (Wildman–Crippen MR) is 108 cm³/mol. The second-order valence-corrected chi connectivity index (χ2v) is 6.42. The van der Waals surface area contributed by atoms with Crippen molar-refractivity contribution in [3.05, 3.63) is 80.4 Å². The SMILES string of the molecule is COCCn1c(N)c(N(Cc2ccccc2)C(=O)c2ccc(C)o2)c(=O)[nH]c1=O. The number of amides is 1. The Morgan fingerprint density at radius 1 is 1.21 bits per heavy atom. The van der Waals surface area contributed by atoms with Crippen LogP contribution in [0, 0.1) is 6.92 Å². The van der Waals surface area contributed by atoms with Crippen LogP contribution in [0.1, 0.15) is 21.9 Å². The van der Waals surface area contributed by atoms with Gasteiger partial charge in [-0.15, -0.1) is 0 Å². The van der Waals surface area contributed by atoms with E-state index < -0.39 is 17.2 Å². The van der Waals surface area contributed by atoms with E-state index in [-0.39, 0.29) is 37.0 Å². The number of rotatable bonds is 7. The summed E-state index contributed by atoms with van der Waals surface area (Å²) in [5, 5.41) is 0. The van der Waals surface area contributed by atoms with Gasteiger partial charge >= 0.3 is 5.69 Å². The number of hydrogen-bond donors (Lipinski definition) is 2. The number of nitrogens with two attached hydrogens (primary N) is 1. The average molecular weight is 398 g/mol. The molecule has 3 N–H and O–H groups in total. The van der Waals surface area contributed by atoms with Gasteiger partial charge in [-0.05, 0) is 24.6 Å². The highest BCUT2D eigenvalue weighted by Gasteiger charge is 2.27. The fourth-order valence-corrected chi connectivity index (χ4v) is 2.94. The molecule has 3 rings (SSSR count). The Bertz CT molecular complexity index is 1110. The molecule has 0 atom stereocenters. The number of nitrogens with one attached hydrogen (secondary N) is 1. The largest absolute Gasteiger partial charge is 0.456 e. The molecule has 0 radical (unpaired) electrons. The van der Waals surface area contributed by atoms with E-state index in [1.54, 1.807) is 13.0 Å². The molecule has 0 saturated carbocycles. The average Bonchev–Trinajstić information content (AvgIpc) is 3.13. The van der Waals surface area contributed by atoms with Crippen molar-refractivity contribution in [3.8, 4) is 0 Å². The van der Waals surface area contributed by atoms with E-state index in [0.29, 0.717) is 5.76 Å². The van der Waals surface area contributed by atoms with Gasteiger partial charge in [0.25, 0.3) is 11.5 Å². The standard InChI is InChI=1S/C20H22N4O5/c1-13-8-9-15(29-13)19(26)24(12-14-6-4-3-5-7-14)16-17(21)23(10-11-28-2)20(27)22-18(16)25/h3-9H,10-12,21H2,1-2H3,(H,22,25,27). The van der Waals surface area contributed by atoms with Gasteiger partial charge in [0, 0.05) is 7.11 Å². The first kappa shape index (κ1) is 20.2. The number of anilines is 2. The van der Waals surface area contributed by atoms with Crippen LogP contribution >= 0.6 is 0 Å². The Kier molecular flexibility index (Phi) is 5.99. The van der Waals surface area contributed by atoms with E-state index in [9.17, 15) is 14.4 Å². The first-order valence-electron chi connectivity index (χ1n) is 8.96. The summed E-state index contributed by atoms with van der Waals surface area (Å²) < 4.78 is 11.6. The van der Waals surface area contributed by atoms with E-state index in [1.165, 1.54) is 22.6 Å². The lowest BCUT2D eigenvalue weighted by molar-refractivity contribution is 0.0956. The van der Waals surface area contributed by atoms with Crippen LogP contribution in [-0.2, 0) is 17.8 Å². The fraction of sp³-hybridized carbons (Fsp3) is 0.250. The molecular formula is C20H22N4O5. The molecule has 0 aliphatic carbocycles. The van der Waals surface area contributed by atoms with Crippen molar-refractivity contribution < 1.29 is 13.9 Å². The molecule has 0 saturated heterocycles. The molecule has 9 heteroatoms. The van der Waals surface area contributed by atoms with Gasteiger partial charge in [-0.1, -0.05) is 30.3 Å². The molecule has 3 aromatic rings. The van der Waals surface area contributed by atoms with E-state index >= 15 is 0 Å². The van der Waals surface area contributed by atoms with Crippen LogP contribution in [0.15, 0.2) is 56.5 Å². The topological polar surface area (TPSA) is 124 Å². The summed E-state index contributed by atoms with van der Waals surface area (Å²) in [4.78, 5) is 41.5. The Morgan fingerprint density at radius 3 is 2.55 bits per heavy atom. The number of aromatic nitrogens is 2. The molecule has 152 valence electrons. The number of nitrogens with zero attached hydrogens (tertiary/aromatic N) is 2. The van der Waals surface area contributed by atoms with Crippen molar-refractivity contribution in [3.63, 3.8) is 0 Å². The third kappa shape index (κ3) is 4.30. The van der Waals surface area contributed by atoms with Crippen molar-refractivity contribution in [2.24, 2.45) is 0 Å². The minimum Gasteiger partial charge on any atom is -0.456 e. The van der Waals surface area contributed by atoms with Crippen molar-refractivity contribution >= 4 is 17.4 Å². The van der Waals surface area contributed by atoms with Gasteiger partial charge in [-0.25, -0.2) is 4.79 Å². The Hall–Kier alpha value is -3.59. The zero-order valence-corrected chi connectivity index (χ0v) is 16.2. The number of aryl methyl sites for hydroxylation is 1. The van der Waals surface area contributed by atoms with Gasteiger partial charge in [0.15, 0.2) is 11.4 Å². The van der Waals surface area contributed by atoms with E-state index in [1.807, 2.05) is 30.3 Å². The molecule has 29 heavy (non-hydrogen) atoms. The maximum atomic E-state index is 13.2. The Labute approximate surface area is 166 Å². The second-order valence-electron chi connectivity index (χ2n) is 6.42. The van der Waals surface area contributed by atoms with E-state index in [2.05, 4.69) is 4.98 Å². The highest BCUT2D eigenvalue weighted by molar-refractivity contribution is 6.05. The summed E-state index contributed by atoms with van der Waals surface area (Å²) in [7, 11) is 1.48. The molecule has 1 aromatic carbocycles. The van der Waals surface area contributed by atoms with Crippen LogP contribution < -0.4 is 21.9 Å². The molecule has 2 aromatic heterocycles. The van der Waals surface area contributed by atoms with E-state index in [4.69, 9.17) is 14.9 Å². The number of carbonyl (C=O) groups excluding carboxylic acids is 1. The van der Waals surface area contributed by atoms with Crippen LogP contribution in [0.3, 0.4) is 0 Å². The van der Waals surface area contributed by atoms with E-state index in [0.717, 1.165) is 5.56 Å². The number of nitrogen functional groups attached to an aromatic ring is 1. The number of ether oxygens (including phenoxy) is 1. The third-order valence-corrected chi connectivity index (χ3v) is 4.38. The third-order valence-electron chi connectivity index (χ3n) is 4.38. The molecule has 2 heterocycles. The Morgan fingerprint density at radius 2 is 1.93 bits per heavy atom. The lowest BCUT2D eigenvalue weighted by Crippen LogP contribution is -2.41. The quantitative estimate of drug-likeness (QED) is 0.622. The molecule has 0 fully saturated rings. The molecule has 0 aliphatic heterocycles. The molecule has 0 bridgehead atoms. The molecule has 0 unspecified atom stereocenters. The molecule has 0 aliphatic rings. The molecular weight excluding hydrogens is 376 g/mol. The summed E-state index contributed by atoms with van der Waals surface area (Å²) in [5.41, 5.74) is 5.39. The summed E-state index contributed by atoms with van der Waals surface area (Å²) in [6.45, 7) is 2.11. The summed E-state index contributed by atoms with van der Waals surface area (Å²) in [6, 6.07) is 12.3. The van der Waals surface area contributed by atoms with Crippen molar-refractivity contribution in [2.45, 2.75) is 20.0 Å². The normalized spacial score (nSPS) is 10.8. The first-order chi connectivity index (χ1) is 13.9. The second kappa shape index (κ2) is 8.61. The molecule has 1 amide bonds. The summed E-state index contributed by atoms with van der Waals surface area (Å²) in [6.07, 6.45) is 0. The van der Waals surface area contributed by atoms with Crippen LogP contribution in [-0.4, -0.2) is 29.2 Å². The smallest absolute Gasteiger partial charge is 0.330 e. The first-order valence-corrected chi connectivity index (χ1v) is 8.96. The number of methoxy groups -OCH3 is 1. The van der Waals surface area contributed by atoms with Gasteiger partial charge in [0.05, 0.1) is 19.7 Å². The van der Waals surface area contributed by atoms with Crippen LogP contribution in [0.5, 0.6) is 0 Å². The van der Waals surface area contributed by atoms with Crippen molar-refractivity contribution in [1.82, 2.24) is 9.55 Å². The Balaban J connectivity index is 2.14. The number of hydrogen-bond acceptors (Lipinski definition) is 6. The lowest BCUT2D eigenvalue weighted by Gasteiger charge is -2.24. The highest BCUT2D eigenvalue weighted by Crippen LogP contribution is 2.22. The van der Waals surface area contributed by atoms with Gasteiger partial charge < -0.3 is 14.9 Å². The zero-order chi connectivity index (χ0) is 21.0. The molecule has 9 nitrogen and oxygen atoms in total. The summed E-state index contributed by atoms with van der Waals surface area (Å²) in [5.74, 6) is -0.0497. The van der Waals surface area contributed by atoms with Gasteiger partial charge in [0.1, 0.15) is 11.6 Å². The maximum Gasteiger partial charge on any atom is 0.330 e. The number of aromatic amines is 1. The van der Waals surface area contributed by atoms with Gasteiger partial charge in [0.2, 0.25) is 0 Å². The number of carbonyl (C=O) groups is 1. The van der Waals surface area contributed by atoms with Crippen molar-refractivity contribution in [2.75, 3.05) is 24.4 Å². The lowest BCUT2D eigenvalue weighted by atomic mass is 10.2. The fourth-order valence-electron chi connectivity index (χ4n) is 2.94. The molecule has 0 spiro atoms. The predicted octanol–water partition coefficient (Wildman–Crippen LogP) is 1.51. The number of benzene rings is 1. The van der Waals surface area contributed by atoms with Gasteiger partial charge in [-0.2, -0.15) is 0 Å². The van der Waals surface area contributed by atoms with Crippen LogP contribution in [0.2, 0.25) is 0 Å². The van der Waals surface area contributed by atoms with Crippen LogP contribution in [0.25, 0.3) is 0 Å². The van der Waals surface area contributed by atoms with Crippen LogP contribution in [0.4, 0.5) is 11.5 Å². The highest BCUT2D eigenvalue weighted by atomic mass is 16.5. The number of H-pyrrole nitrogens is 1. The van der Waals surface area contributed by atoms with Gasteiger partial charge in [-0.3, -0.25) is 24.0 Å².